The van der Waals surface area contributed by atoms with Gasteiger partial charge in [-0.3, -0.25) is 24.1 Å². The Balaban J connectivity index is 1.38. The lowest BCUT2D eigenvalue weighted by Crippen LogP contribution is -2.70. The number of hydrogen-bond donors (Lipinski definition) is 4. The van der Waals surface area contributed by atoms with Gasteiger partial charge in [0, 0.05) is 45.4 Å². The molecular formula is C24H24N9O5S4+. The maximum atomic E-state index is 13.3. The summed E-state index contributed by atoms with van der Waals surface area (Å²) in [6, 6.07) is 2.72. The molecule has 14 nitrogen and oxygen atoms in total. The fraction of sp³-hybridized carbons (Fsp3) is 0.292. The van der Waals surface area contributed by atoms with Crippen LogP contribution in [0.3, 0.4) is 0 Å². The van der Waals surface area contributed by atoms with E-state index in [9.17, 15) is 19.2 Å². The van der Waals surface area contributed by atoms with Crippen molar-refractivity contribution < 1.29 is 28.6 Å². The minimum absolute atomic E-state index is 0.0205. The summed E-state index contributed by atoms with van der Waals surface area (Å²) in [5, 5.41) is 6.07. The molecule has 1 saturated heterocycles. The minimum Gasteiger partial charge on any atom is -0.395 e. The number of thiazole rings is 1. The number of anilines is 1. The van der Waals surface area contributed by atoms with E-state index in [0.717, 1.165) is 22.0 Å². The normalized spacial score (nSPS) is 18.4. The highest BCUT2D eigenvalue weighted by molar-refractivity contribution is 8.00. The maximum Gasteiger partial charge on any atom is 0.283 e. The Morgan fingerprint density at radius 2 is 2.02 bits per heavy atom. The van der Waals surface area contributed by atoms with Crippen molar-refractivity contribution in [1.29, 1.82) is 0 Å². The van der Waals surface area contributed by atoms with Gasteiger partial charge in [-0.05, 0) is 13.8 Å². The molecule has 5 N–H and O–H groups in total. The van der Waals surface area contributed by atoms with Crippen LogP contribution in [-0.4, -0.2) is 71.6 Å². The fourth-order valence-corrected chi connectivity index (χ4v) is 7.42. The van der Waals surface area contributed by atoms with Gasteiger partial charge >= 0.3 is 0 Å². The van der Waals surface area contributed by atoms with Gasteiger partial charge < -0.3 is 21.6 Å². The van der Waals surface area contributed by atoms with E-state index in [1.54, 1.807) is 23.9 Å². The molecule has 5 rings (SSSR count). The first kappa shape index (κ1) is 29.6. The third kappa shape index (κ3) is 5.74. The summed E-state index contributed by atoms with van der Waals surface area (Å²) >= 11 is 7.74. The van der Waals surface area contributed by atoms with E-state index in [0.29, 0.717) is 22.0 Å². The number of rotatable bonds is 10. The van der Waals surface area contributed by atoms with Crippen molar-refractivity contribution in [2.75, 3.05) is 18.1 Å². The van der Waals surface area contributed by atoms with Gasteiger partial charge in [0.05, 0.1) is 5.69 Å². The lowest BCUT2D eigenvalue weighted by atomic mass is 10.0. The molecule has 0 radical (unpaired) electrons. The van der Waals surface area contributed by atoms with Crippen LogP contribution in [-0.2, 0) is 30.6 Å². The van der Waals surface area contributed by atoms with Crippen molar-refractivity contribution in [3.8, 4) is 11.3 Å². The van der Waals surface area contributed by atoms with E-state index in [-0.39, 0.29) is 35.5 Å². The Morgan fingerprint density at radius 1 is 1.29 bits per heavy atom. The number of nitrogens with one attached hydrogen (secondary N) is 1. The Morgan fingerprint density at radius 3 is 2.64 bits per heavy atom. The number of β-lactam (4-membered cyclic amide) rings is 1. The number of thiol groups is 1. The maximum absolute atomic E-state index is 13.3. The molecule has 3 aromatic rings. The summed E-state index contributed by atoms with van der Waals surface area (Å²) in [4.78, 5) is 66.4. The van der Waals surface area contributed by atoms with Crippen LogP contribution in [0.1, 0.15) is 22.6 Å². The second-order valence-electron chi connectivity index (χ2n) is 8.96. The van der Waals surface area contributed by atoms with Crippen molar-refractivity contribution in [2.24, 2.45) is 10.9 Å². The highest BCUT2D eigenvalue weighted by Crippen LogP contribution is 2.45. The first-order chi connectivity index (χ1) is 20.1. The summed E-state index contributed by atoms with van der Waals surface area (Å²) < 4.78 is 5.67. The molecule has 42 heavy (non-hydrogen) atoms. The number of primary amides is 1. The molecule has 18 heteroatoms. The number of hydrogen-bond acceptors (Lipinski definition) is 13. The third-order valence-corrected chi connectivity index (χ3v) is 9.23. The summed E-state index contributed by atoms with van der Waals surface area (Å²) in [6.07, 6.45) is 3.47. The summed E-state index contributed by atoms with van der Waals surface area (Å²) in [5.74, 6) is -1.31. The Hall–Kier alpha value is -3.87. The highest BCUT2D eigenvalue weighted by atomic mass is 32.2. The van der Waals surface area contributed by atoms with Gasteiger partial charge in [-0.1, -0.05) is 17.8 Å². The van der Waals surface area contributed by atoms with Crippen molar-refractivity contribution >= 4 is 86.5 Å². The Bertz CT molecular complexity index is 1650. The summed E-state index contributed by atoms with van der Waals surface area (Å²) in [6.45, 7) is 3.86. The molecule has 2 atom stereocenters. The predicted octanol–water partition coefficient (Wildman–Crippen LogP) is 0.333. The number of fused-ring (bicyclic) bond motifs is 1. The first-order valence-electron chi connectivity index (χ1n) is 12.4. The second kappa shape index (κ2) is 12.2. The molecule has 5 heterocycles. The molecule has 0 spiro atoms. The standard InChI is InChI=1S/C24H23N9O5S4/c1-3-38-30-15(18-29-24(26)42-31-18)19(35)27-16-21(36)33-17(23(37)39)12(9-40-22(16)33)20-28-14(10(2)41-20)11-4-6-32(7-5-11)8-13(25)34/h4-7,16,22H,3,8-9H2,1-2H3,(H5-,25,26,27,29,31,34,35,37,39)/p+1/b30-15-/t16-,22-/m1/s1. The van der Waals surface area contributed by atoms with Crippen molar-refractivity contribution in [3.05, 3.63) is 45.9 Å². The van der Waals surface area contributed by atoms with Gasteiger partial charge in [0.2, 0.25) is 23.2 Å². The molecule has 1 fully saturated rings. The zero-order valence-corrected chi connectivity index (χ0v) is 25.5. The van der Waals surface area contributed by atoms with Gasteiger partial charge in [0.15, 0.2) is 17.5 Å². The lowest BCUT2D eigenvalue weighted by Gasteiger charge is -2.49. The number of carbonyl (C=O) groups excluding carboxylic acids is 4. The lowest BCUT2D eigenvalue weighted by molar-refractivity contribution is -0.684. The number of aromatic nitrogens is 4. The minimum atomic E-state index is -0.931. The van der Waals surface area contributed by atoms with Crippen LogP contribution >= 0.6 is 47.3 Å². The largest absolute Gasteiger partial charge is 0.395 e. The number of nitrogens with zero attached hydrogens (tertiary/aromatic N) is 6. The molecule has 0 aliphatic carbocycles. The number of amides is 3. The van der Waals surface area contributed by atoms with Gasteiger partial charge in [-0.2, -0.15) is 13.9 Å². The molecule has 0 unspecified atom stereocenters. The van der Waals surface area contributed by atoms with E-state index in [4.69, 9.17) is 21.3 Å². The molecule has 3 aromatic heterocycles. The van der Waals surface area contributed by atoms with Gasteiger partial charge in [-0.25, -0.2) is 4.98 Å². The predicted molar refractivity (Wildman–Crippen MR) is 160 cm³/mol. The average molecular weight is 647 g/mol. The van der Waals surface area contributed by atoms with Gasteiger partial charge in [-0.15, -0.1) is 23.1 Å². The molecule has 2 aliphatic heterocycles. The van der Waals surface area contributed by atoms with Crippen LogP contribution in [0.15, 0.2) is 35.4 Å². The number of pyridine rings is 1. The molecular weight excluding hydrogens is 623 g/mol. The molecule has 3 amide bonds. The topological polar surface area (TPSA) is 200 Å². The number of thioether (sulfide) groups is 1. The monoisotopic (exact) mass is 646 g/mol. The van der Waals surface area contributed by atoms with Crippen LogP contribution < -0.4 is 21.4 Å². The molecule has 0 saturated carbocycles. The zero-order valence-electron chi connectivity index (χ0n) is 22.1. The fourth-order valence-electron chi connectivity index (χ4n) is 4.33. The van der Waals surface area contributed by atoms with Crippen molar-refractivity contribution in [1.82, 2.24) is 24.6 Å². The number of oxime groups is 1. The zero-order chi connectivity index (χ0) is 30.1. The van der Waals surface area contributed by atoms with Crippen LogP contribution in [0.4, 0.5) is 5.13 Å². The van der Waals surface area contributed by atoms with E-state index >= 15 is 0 Å². The highest BCUT2D eigenvalue weighted by Gasteiger charge is 2.54. The van der Waals surface area contributed by atoms with Crippen molar-refractivity contribution in [2.45, 2.75) is 31.8 Å². The number of carbonyl (C=O) groups is 4. The molecule has 0 bridgehead atoms. The number of aryl methyl sites for hydroxylation is 1. The van der Waals surface area contributed by atoms with Gasteiger partial charge in [0.25, 0.3) is 17.7 Å². The van der Waals surface area contributed by atoms with E-state index < -0.39 is 34.3 Å². The molecule has 2 aliphatic rings. The smallest absolute Gasteiger partial charge is 0.283 e. The van der Waals surface area contributed by atoms with E-state index in [2.05, 4.69) is 32.5 Å². The average Bonchev–Trinajstić information content (AvgIpc) is 3.56. The third-order valence-electron chi connectivity index (χ3n) is 6.17. The SMILES string of the molecule is CCO/N=C(\C(=O)N[C@@H]1C(=O)N2C(C(=O)S)=C(c3nc(-c4cc[n+](CC(N)=O)cc4)c(C)s3)CS[C@H]12)c1nsc(N)n1. The van der Waals surface area contributed by atoms with E-state index in [1.165, 1.54) is 28.0 Å². The second-order valence-corrected chi connectivity index (χ2v) is 12.5. The van der Waals surface area contributed by atoms with E-state index in [1.807, 2.05) is 19.1 Å². The molecule has 0 aromatic carbocycles. The van der Waals surface area contributed by atoms with Crippen molar-refractivity contribution in [3.63, 3.8) is 0 Å². The number of nitrogens with two attached hydrogens (primary N) is 2. The summed E-state index contributed by atoms with van der Waals surface area (Å²) in [7, 11) is 0. The van der Waals surface area contributed by atoms with Gasteiger partial charge in [0.1, 0.15) is 28.7 Å². The van der Waals surface area contributed by atoms with Crippen LogP contribution in [0.2, 0.25) is 0 Å². The quantitative estimate of drug-likeness (QED) is 0.0783. The Kier molecular flexibility index (Phi) is 8.58. The molecule has 218 valence electrons. The first-order valence-corrected chi connectivity index (χ1v) is 15.4. The van der Waals surface area contributed by atoms with Crippen LogP contribution in [0.5, 0.6) is 0 Å². The summed E-state index contributed by atoms with van der Waals surface area (Å²) in [5.41, 5.74) is 12.9. The van der Waals surface area contributed by atoms with Crippen LogP contribution in [0, 0.1) is 6.92 Å². The number of nitrogen functional groups attached to an aromatic ring is 1. The Labute approximate surface area is 256 Å². The van der Waals surface area contributed by atoms with Crippen LogP contribution in [0.25, 0.3) is 16.8 Å².